The minimum Gasteiger partial charge on any atom is -0.497 e. The Balaban J connectivity index is 1.92. The fraction of sp³-hybridized carbons (Fsp3) is 0.133. The van der Waals surface area contributed by atoms with E-state index in [0.29, 0.717) is 10.8 Å². The summed E-state index contributed by atoms with van der Waals surface area (Å²) in [6.45, 7) is -0.476. The maximum absolute atomic E-state index is 11.9. The molecule has 1 heterocycles. The monoisotopic (exact) mass is 354 g/mol. The van der Waals surface area contributed by atoms with Crippen molar-refractivity contribution >= 4 is 40.9 Å². The first-order valence-corrected chi connectivity index (χ1v) is 7.17. The number of rotatable bonds is 5. The van der Waals surface area contributed by atoms with E-state index in [-0.39, 0.29) is 16.4 Å². The zero-order valence-electron chi connectivity index (χ0n) is 12.0. The van der Waals surface area contributed by atoms with E-state index in [1.165, 1.54) is 25.4 Å². The minimum atomic E-state index is -0.644. The normalized spacial score (nSPS) is 10.0. The van der Waals surface area contributed by atoms with Crippen LogP contribution in [0.2, 0.25) is 10.0 Å². The maximum atomic E-state index is 11.9. The first kappa shape index (κ1) is 17.1. The Labute approximate surface area is 142 Å². The summed E-state index contributed by atoms with van der Waals surface area (Å²) in [5.41, 5.74) is 0.278. The molecule has 0 saturated carbocycles. The fourth-order valence-corrected chi connectivity index (χ4v) is 2.07. The molecule has 0 atom stereocenters. The molecular weight excluding hydrogens is 343 g/mol. The number of aromatic nitrogens is 1. The van der Waals surface area contributed by atoms with Crippen molar-refractivity contribution in [3.8, 4) is 5.75 Å². The Morgan fingerprint density at radius 3 is 2.74 bits per heavy atom. The number of methoxy groups -OCH3 is 1. The smallest absolute Gasteiger partial charge is 0.338 e. The van der Waals surface area contributed by atoms with E-state index in [1.54, 1.807) is 18.2 Å². The van der Waals surface area contributed by atoms with Crippen molar-refractivity contribution in [2.45, 2.75) is 0 Å². The van der Waals surface area contributed by atoms with Gasteiger partial charge in [0, 0.05) is 6.20 Å². The molecule has 23 heavy (non-hydrogen) atoms. The van der Waals surface area contributed by atoms with E-state index < -0.39 is 18.5 Å². The number of nitrogens with zero attached hydrogens (tertiary/aromatic N) is 1. The van der Waals surface area contributed by atoms with Gasteiger partial charge in [-0.05, 0) is 24.3 Å². The fourth-order valence-electron chi connectivity index (χ4n) is 1.64. The Kier molecular flexibility index (Phi) is 5.78. The van der Waals surface area contributed by atoms with Gasteiger partial charge in [-0.1, -0.05) is 29.3 Å². The number of pyridine rings is 1. The second kappa shape index (κ2) is 7.80. The van der Waals surface area contributed by atoms with Gasteiger partial charge in [0.25, 0.3) is 5.91 Å². The lowest BCUT2D eigenvalue weighted by molar-refractivity contribution is -0.119. The summed E-state index contributed by atoms with van der Waals surface area (Å²) in [7, 11) is 1.49. The number of halogens is 2. The third kappa shape index (κ3) is 4.84. The zero-order chi connectivity index (χ0) is 16.8. The van der Waals surface area contributed by atoms with Gasteiger partial charge in [-0.3, -0.25) is 4.79 Å². The Bertz CT molecular complexity index is 737. The van der Waals surface area contributed by atoms with E-state index >= 15 is 0 Å². The molecule has 1 N–H and O–H groups in total. The van der Waals surface area contributed by atoms with Crippen LogP contribution in [0.3, 0.4) is 0 Å². The van der Waals surface area contributed by atoms with E-state index in [2.05, 4.69) is 10.3 Å². The average Bonchev–Trinajstić information content (AvgIpc) is 2.55. The summed E-state index contributed by atoms with van der Waals surface area (Å²) < 4.78 is 9.93. The summed E-state index contributed by atoms with van der Waals surface area (Å²) in [4.78, 5) is 27.5. The number of hydrogen-bond donors (Lipinski definition) is 1. The van der Waals surface area contributed by atoms with Gasteiger partial charge in [0.05, 0.1) is 22.7 Å². The largest absolute Gasteiger partial charge is 0.497 e. The van der Waals surface area contributed by atoms with Crippen LogP contribution in [0.15, 0.2) is 36.5 Å². The summed E-state index contributed by atoms with van der Waals surface area (Å²) in [5.74, 6) is -0.563. The molecule has 0 aliphatic carbocycles. The number of esters is 1. The topological polar surface area (TPSA) is 77.5 Å². The lowest BCUT2D eigenvalue weighted by Gasteiger charge is -2.08. The molecule has 0 fully saturated rings. The molecule has 2 aromatic rings. The highest BCUT2D eigenvalue weighted by Crippen LogP contribution is 2.22. The summed E-state index contributed by atoms with van der Waals surface area (Å²) >= 11 is 11.6. The molecule has 0 spiro atoms. The quantitative estimate of drug-likeness (QED) is 0.834. The molecule has 1 amide bonds. The minimum absolute atomic E-state index is 0.137. The van der Waals surface area contributed by atoms with E-state index in [9.17, 15) is 9.59 Å². The Hall–Kier alpha value is -2.31. The number of benzene rings is 1. The van der Waals surface area contributed by atoms with Crippen LogP contribution in [0.25, 0.3) is 0 Å². The molecule has 2 rings (SSSR count). The molecule has 1 aromatic heterocycles. The zero-order valence-corrected chi connectivity index (χ0v) is 13.5. The van der Waals surface area contributed by atoms with Crippen molar-refractivity contribution in [3.05, 3.63) is 52.1 Å². The summed E-state index contributed by atoms with van der Waals surface area (Å²) in [5, 5.41) is 2.95. The van der Waals surface area contributed by atoms with Gasteiger partial charge in [-0.25, -0.2) is 9.78 Å². The highest BCUT2D eigenvalue weighted by Gasteiger charge is 2.13. The van der Waals surface area contributed by atoms with E-state index in [1.807, 2.05) is 0 Å². The summed E-state index contributed by atoms with van der Waals surface area (Å²) in [6, 6.07) is 7.84. The summed E-state index contributed by atoms with van der Waals surface area (Å²) in [6.07, 6.45) is 1.34. The molecule has 0 bridgehead atoms. The highest BCUT2D eigenvalue weighted by atomic mass is 35.5. The molecule has 0 unspecified atom stereocenters. The molecule has 0 aliphatic heterocycles. The third-order valence-corrected chi connectivity index (χ3v) is 3.20. The number of ether oxygens (including phenoxy) is 2. The molecule has 0 radical (unpaired) electrons. The number of anilines is 1. The van der Waals surface area contributed by atoms with Crippen LogP contribution in [-0.4, -0.2) is 30.6 Å². The van der Waals surface area contributed by atoms with Crippen molar-refractivity contribution < 1.29 is 19.1 Å². The van der Waals surface area contributed by atoms with Crippen LogP contribution in [0.4, 0.5) is 5.82 Å². The van der Waals surface area contributed by atoms with Crippen LogP contribution < -0.4 is 10.1 Å². The van der Waals surface area contributed by atoms with Crippen LogP contribution in [0.1, 0.15) is 10.4 Å². The molecular formula is C15H12Cl2N2O4. The third-order valence-electron chi connectivity index (χ3n) is 2.71. The van der Waals surface area contributed by atoms with E-state index in [0.717, 1.165) is 0 Å². The van der Waals surface area contributed by atoms with Crippen molar-refractivity contribution in [1.82, 2.24) is 4.98 Å². The number of carbonyl (C=O) groups excluding carboxylic acids is 2. The van der Waals surface area contributed by atoms with Gasteiger partial charge < -0.3 is 14.8 Å². The van der Waals surface area contributed by atoms with E-state index in [4.69, 9.17) is 32.7 Å². The SMILES string of the molecule is COc1cccc(C(=O)OCC(=O)Nc2ncc(Cl)cc2Cl)c1. The molecule has 6 nitrogen and oxygen atoms in total. The number of nitrogens with one attached hydrogen (secondary N) is 1. The molecule has 0 aliphatic rings. The lowest BCUT2D eigenvalue weighted by atomic mass is 10.2. The number of hydrogen-bond acceptors (Lipinski definition) is 5. The predicted octanol–water partition coefficient (Wildman–Crippen LogP) is 3.19. The van der Waals surface area contributed by atoms with Gasteiger partial charge in [0.15, 0.2) is 12.4 Å². The van der Waals surface area contributed by atoms with Crippen LogP contribution in [0.5, 0.6) is 5.75 Å². The first-order chi connectivity index (χ1) is 11.0. The molecule has 1 aromatic carbocycles. The predicted molar refractivity (Wildman–Crippen MR) is 86.2 cm³/mol. The highest BCUT2D eigenvalue weighted by molar-refractivity contribution is 6.36. The second-order valence-corrected chi connectivity index (χ2v) is 5.18. The molecule has 0 saturated heterocycles. The van der Waals surface area contributed by atoms with Crippen molar-refractivity contribution in [3.63, 3.8) is 0 Å². The Morgan fingerprint density at radius 2 is 2.04 bits per heavy atom. The van der Waals surface area contributed by atoms with Crippen LogP contribution in [-0.2, 0) is 9.53 Å². The van der Waals surface area contributed by atoms with Gasteiger partial charge in [0.1, 0.15) is 5.75 Å². The maximum Gasteiger partial charge on any atom is 0.338 e. The van der Waals surface area contributed by atoms with Crippen LogP contribution in [0, 0.1) is 0 Å². The molecule has 8 heteroatoms. The standard InChI is InChI=1S/C15H12Cl2N2O4/c1-22-11-4-2-3-9(5-11)15(21)23-8-13(20)19-14-12(17)6-10(16)7-18-14/h2-7H,8H2,1H3,(H,18,19,20). The van der Waals surface area contributed by atoms with Crippen LogP contribution >= 0.6 is 23.2 Å². The van der Waals surface area contributed by atoms with Crippen molar-refractivity contribution in [2.75, 3.05) is 19.0 Å². The lowest BCUT2D eigenvalue weighted by Crippen LogP contribution is -2.21. The van der Waals surface area contributed by atoms with Gasteiger partial charge in [0.2, 0.25) is 0 Å². The number of carbonyl (C=O) groups is 2. The van der Waals surface area contributed by atoms with Gasteiger partial charge in [-0.15, -0.1) is 0 Å². The first-order valence-electron chi connectivity index (χ1n) is 6.41. The van der Waals surface area contributed by atoms with Crippen molar-refractivity contribution in [2.24, 2.45) is 0 Å². The number of amides is 1. The average molecular weight is 355 g/mol. The molecule has 120 valence electrons. The van der Waals surface area contributed by atoms with Crippen molar-refractivity contribution in [1.29, 1.82) is 0 Å². The second-order valence-electron chi connectivity index (χ2n) is 4.34. The Morgan fingerprint density at radius 1 is 1.26 bits per heavy atom. The van der Waals surface area contributed by atoms with Gasteiger partial charge >= 0.3 is 5.97 Å². The van der Waals surface area contributed by atoms with Gasteiger partial charge in [-0.2, -0.15) is 0 Å².